The molecule has 2 N–H and O–H groups in total. The van der Waals surface area contributed by atoms with Gasteiger partial charge in [-0.2, -0.15) is 0 Å². The summed E-state index contributed by atoms with van der Waals surface area (Å²) < 4.78 is 53.4. The predicted octanol–water partition coefficient (Wildman–Crippen LogP) is -0.256. The second-order valence-corrected chi connectivity index (χ2v) is 6.56. The topological polar surface area (TPSA) is 118 Å². The van der Waals surface area contributed by atoms with Crippen molar-refractivity contribution in [2.24, 2.45) is 5.73 Å². The van der Waals surface area contributed by atoms with Gasteiger partial charge >= 0.3 is 0 Å². The molecular weight excluding hydrogens is 450 g/mol. The molecule has 11 heteroatoms. The van der Waals surface area contributed by atoms with Crippen molar-refractivity contribution >= 4 is 0 Å². The molecule has 0 aliphatic heterocycles. The standard InChI is InChI=1S/C23H45NO10/c1-2-4-25-6-8-27-10-12-29-14-16-31-18-20-33-22-23-34-21-19-32-17-15-30-13-11-28-9-7-26-5-3-24/h1H,3-24H2. The van der Waals surface area contributed by atoms with Gasteiger partial charge in [-0.05, 0) is 0 Å². The number of hydrogen-bond acceptors (Lipinski definition) is 11. The van der Waals surface area contributed by atoms with Gasteiger partial charge in [-0.3, -0.25) is 0 Å². The Morgan fingerprint density at radius 3 is 0.765 bits per heavy atom. The summed E-state index contributed by atoms with van der Waals surface area (Å²) in [5, 5.41) is 0. The Balaban J connectivity index is 3.00. The summed E-state index contributed by atoms with van der Waals surface area (Å²) in [7, 11) is 0. The minimum Gasteiger partial charge on any atom is -0.378 e. The fraction of sp³-hybridized carbons (Fsp3) is 0.913. The van der Waals surface area contributed by atoms with E-state index in [1.165, 1.54) is 0 Å². The van der Waals surface area contributed by atoms with E-state index in [0.717, 1.165) is 0 Å². The van der Waals surface area contributed by atoms with Gasteiger partial charge in [0.25, 0.3) is 0 Å². The van der Waals surface area contributed by atoms with E-state index in [-0.39, 0.29) is 0 Å². The maximum Gasteiger partial charge on any atom is 0.107 e. The van der Waals surface area contributed by atoms with Crippen LogP contribution in [0.25, 0.3) is 0 Å². The van der Waals surface area contributed by atoms with Gasteiger partial charge in [-0.25, -0.2) is 0 Å². The smallest absolute Gasteiger partial charge is 0.107 e. The third-order valence-electron chi connectivity index (χ3n) is 3.80. The first-order valence-electron chi connectivity index (χ1n) is 11.8. The minimum absolute atomic E-state index is 0.311. The molecule has 0 heterocycles. The molecule has 0 fully saturated rings. The molecule has 0 aliphatic carbocycles. The molecule has 202 valence electrons. The quantitative estimate of drug-likeness (QED) is 0.105. The van der Waals surface area contributed by atoms with Gasteiger partial charge in [0, 0.05) is 6.54 Å². The Hall–Kier alpha value is -0.880. The van der Waals surface area contributed by atoms with E-state index in [2.05, 4.69) is 5.92 Å². The lowest BCUT2D eigenvalue weighted by molar-refractivity contribution is -0.0260. The average Bonchev–Trinajstić information content (AvgIpc) is 2.85. The molecule has 0 aromatic rings. The maximum absolute atomic E-state index is 5.43. The van der Waals surface area contributed by atoms with Gasteiger partial charge in [-0.1, -0.05) is 5.92 Å². The highest BCUT2D eigenvalue weighted by Gasteiger charge is 1.95. The number of terminal acetylenes is 1. The number of hydrogen-bond donors (Lipinski definition) is 1. The zero-order valence-corrected chi connectivity index (χ0v) is 20.6. The molecule has 0 spiro atoms. The molecule has 0 atom stereocenters. The first-order chi connectivity index (χ1) is 16.9. The molecule has 0 unspecified atom stereocenters. The molecule has 0 aromatic heterocycles. The number of rotatable bonds is 30. The van der Waals surface area contributed by atoms with Crippen LogP contribution in [-0.2, 0) is 47.4 Å². The highest BCUT2D eigenvalue weighted by molar-refractivity contribution is 4.82. The van der Waals surface area contributed by atoms with Crippen molar-refractivity contribution in [3.63, 3.8) is 0 Å². The molecule has 0 rings (SSSR count). The highest BCUT2D eigenvalue weighted by Crippen LogP contribution is 1.86. The monoisotopic (exact) mass is 495 g/mol. The van der Waals surface area contributed by atoms with Crippen LogP contribution in [0.1, 0.15) is 0 Å². The van der Waals surface area contributed by atoms with Gasteiger partial charge in [-0.15, -0.1) is 6.42 Å². The molecule has 0 radical (unpaired) electrons. The highest BCUT2D eigenvalue weighted by atomic mass is 16.6. The van der Waals surface area contributed by atoms with Gasteiger partial charge < -0.3 is 53.1 Å². The molecular formula is C23H45NO10. The van der Waals surface area contributed by atoms with Crippen LogP contribution < -0.4 is 5.73 Å². The lowest BCUT2D eigenvalue weighted by Crippen LogP contribution is -2.15. The van der Waals surface area contributed by atoms with E-state index in [0.29, 0.717) is 139 Å². The van der Waals surface area contributed by atoms with Crippen LogP contribution in [0.3, 0.4) is 0 Å². The van der Waals surface area contributed by atoms with E-state index in [1.807, 2.05) is 0 Å². The third kappa shape index (κ3) is 31.1. The number of nitrogens with two attached hydrogens (primary N) is 1. The summed E-state index contributed by atoms with van der Waals surface area (Å²) in [5.41, 5.74) is 5.31. The molecule has 11 nitrogen and oxygen atoms in total. The molecule has 0 amide bonds. The maximum atomic E-state index is 5.43. The molecule has 34 heavy (non-hydrogen) atoms. The Kier molecular flexibility index (Phi) is 31.3. The molecule has 0 saturated heterocycles. The van der Waals surface area contributed by atoms with Crippen LogP contribution >= 0.6 is 0 Å². The lowest BCUT2D eigenvalue weighted by atomic mass is 10.6. The average molecular weight is 496 g/mol. The minimum atomic E-state index is 0.311. The van der Waals surface area contributed by atoms with Crippen molar-refractivity contribution in [2.45, 2.75) is 0 Å². The van der Waals surface area contributed by atoms with Crippen molar-refractivity contribution < 1.29 is 47.4 Å². The van der Waals surface area contributed by atoms with E-state index in [9.17, 15) is 0 Å². The van der Waals surface area contributed by atoms with Gasteiger partial charge in [0.15, 0.2) is 0 Å². The Bertz CT molecular complexity index is 412. The molecule has 0 aromatic carbocycles. The summed E-state index contributed by atoms with van der Waals surface area (Å²) in [6, 6.07) is 0. The van der Waals surface area contributed by atoms with Crippen molar-refractivity contribution in [1.29, 1.82) is 0 Å². The van der Waals surface area contributed by atoms with Gasteiger partial charge in [0.2, 0.25) is 0 Å². The summed E-state index contributed by atoms with van der Waals surface area (Å²) in [6.07, 6.45) is 5.06. The summed E-state index contributed by atoms with van der Waals surface area (Å²) >= 11 is 0. The zero-order valence-electron chi connectivity index (χ0n) is 20.6. The van der Waals surface area contributed by atoms with E-state index < -0.39 is 0 Å². The fourth-order valence-electron chi connectivity index (χ4n) is 2.19. The lowest BCUT2D eigenvalue weighted by Gasteiger charge is -2.09. The van der Waals surface area contributed by atoms with Crippen LogP contribution in [0.15, 0.2) is 0 Å². The molecule has 0 saturated carbocycles. The van der Waals surface area contributed by atoms with Crippen molar-refractivity contribution in [2.75, 3.05) is 139 Å². The van der Waals surface area contributed by atoms with Crippen LogP contribution in [-0.4, -0.2) is 139 Å². The van der Waals surface area contributed by atoms with E-state index in [4.69, 9.17) is 59.5 Å². The first kappa shape index (κ1) is 33.1. The first-order valence-corrected chi connectivity index (χ1v) is 11.8. The van der Waals surface area contributed by atoms with Crippen LogP contribution in [0.2, 0.25) is 0 Å². The van der Waals surface area contributed by atoms with Crippen molar-refractivity contribution in [3.8, 4) is 12.3 Å². The van der Waals surface area contributed by atoms with Gasteiger partial charge in [0.1, 0.15) is 6.61 Å². The molecule has 0 bridgehead atoms. The van der Waals surface area contributed by atoms with Crippen molar-refractivity contribution in [1.82, 2.24) is 0 Å². The van der Waals surface area contributed by atoms with Crippen molar-refractivity contribution in [3.05, 3.63) is 0 Å². The SMILES string of the molecule is C#CCOCCOCCOCCOCCOCCOCCOCCOCCOCCOCCN. The second-order valence-electron chi connectivity index (χ2n) is 6.56. The third-order valence-corrected chi connectivity index (χ3v) is 3.80. The Morgan fingerprint density at radius 2 is 0.559 bits per heavy atom. The fourth-order valence-corrected chi connectivity index (χ4v) is 2.19. The largest absolute Gasteiger partial charge is 0.378 e. The Labute approximate surface area is 204 Å². The van der Waals surface area contributed by atoms with E-state index >= 15 is 0 Å². The van der Waals surface area contributed by atoms with Gasteiger partial charge in [0.05, 0.1) is 126 Å². The van der Waals surface area contributed by atoms with Crippen LogP contribution in [0.4, 0.5) is 0 Å². The Morgan fingerprint density at radius 1 is 0.353 bits per heavy atom. The molecule has 0 aliphatic rings. The summed E-state index contributed by atoms with van der Waals surface area (Å²) in [5.74, 6) is 2.39. The predicted molar refractivity (Wildman–Crippen MR) is 126 cm³/mol. The summed E-state index contributed by atoms with van der Waals surface area (Å²) in [6.45, 7) is 10.8. The zero-order chi connectivity index (χ0) is 24.6. The van der Waals surface area contributed by atoms with Crippen LogP contribution in [0.5, 0.6) is 0 Å². The van der Waals surface area contributed by atoms with Crippen LogP contribution in [0, 0.1) is 12.3 Å². The summed E-state index contributed by atoms with van der Waals surface area (Å²) in [4.78, 5) is 0. The second kappa shape index (κ2) is 32.1. The number of ether oxygens (including phenoxy) is 10. The van der Waals surface area contributed by atoms with E-state index in [1.54, 1.807) is 0 Å². The normalized spacial score (nSPS) is 11.2.